The molecule has 0 bridgehead atoms. The molecule has 0 aromatic heterocycles. The lowest BCUT2D eigenvalue weighted by Gasteiger charge is -2.34. The number of anilines is 1. The second kappa shape index (κ2) is 5.23. The smallest absolute Gasteiger partial charge is 0.336 e. The van der Waals surface area contributed by atoms with Gasteiger partial charge in [-0.3, -0.25) is 10.1 Å². The molecule has 0 amide bonds. The predicted molar refractivity (Wildman–Crippen MR) is 69.8 cm³/mol. The Morgan fingerprint density at radius 3 is 2.42 bits per heavy atom. The highest BCUT2D eigenvalue weighted by Crippen LogP contribution is 2.25. The molecule has 0 aliphatic carbocycles. The van der Waals surface area contributed by atoms with E-state index < -0.39 is 10.9 Å². The Morgan fingerprint density at radius 2 is 1.89 bits per heavy atom. The molecule has 102 valence electrons. The molecule has 0 spiro atoms. The molecule has 0 atom stereocenters. The summed E-state index contributed by atoms with van der Waals surface area (Å²) >= 11 is 0. The summed E-state index contributed by atoms with van der Waals surface area (Å²) in [6.07, 6.45) is 0. The number of carboxylic acids is 1. The van der Waals surface area contributed by atoms with Gasteiger partial charge in [-0.05, 0) is 13.1 Å². The second-order valence-electron chi connectivity index (χ2n) is 4.59. The van der Waals surface area contributed by atoms with Crippen molar-refractivity contribution in [2.75, 3.05) is 38.1 Å². The van der Waals surface area contributed by atoms with Crippen LogP contribution in [0, 0.1) is 10.1 Å². The number of aromatic carboxylic acids is 1. The van der Waals surface area contributed by atoms with Crippen molar-refractivity contribution in [2.24, 2.45) is 0 Å². The lowest BCUT2D eigenvalue weighted by Crippen LogP contribution is -2.44. The Hall–Kier alpha value is -2.15. The Morgan fingerprint density at radius 1 is 1.26 bits per heavy atom. The number of hydrogen-bond acceptors (Lipinski definition) is 5. The first-order valence-electron chi connectivity index (χ1n) is 5.93. The van der Waals surface area contributed by atoms with Gasteiger partial charge in [-0.25, -0.2) is 4.79 Å². The lowest BCUT2D eigenvalue weighted by atomic mass is 10.1. The first-order chi connectivity index (χ1) is 8.97. The fraction of sp³-hybridized carbons (Fsp3) is 0.417. The van der Waals surface area contributed by atoms with E-state index >= 15 is 0 Å². The first-order valence-corrected chi connectivity index (χ1v) is 5.93. The van der Waals surface area contributed by atoms with E-state index in [2.05, 4.69) is 4.90 Å². The number of carbonyl (C=O) groups is 1. The number of rotatable bonds is 3. The highest BCUT2D eigenvalue weighted by atomic mass is 16.6. The van der Waals surface area contributed by atoms with Crippen LogP contribution in [0.2, 0.25) is 0 Å². The summed E-state index contributed by atoms with van der Waals surface area (Å²) in [6, 6.07) is 4.00. The number of carboxylic acid groups (broad SMARTS) is 1. The summed E-state index contributed by atoms with van der Waals surface area (Å²) < 4.78 is 0. The maximum Gasteiger partial charge on any atom is 0.336 e. The molecule has 19 heavy (non-hydrogen) atoms. The van der Waals surface area contributed by atoms with Gasteiger partial charge in [0.25, 0.3) is 5.69 Å². The van der Waals surface area contributed by atoms with Crippen LogP contribution in [0.4, 0.5) is 11.4 Å². The highest BCUT2D eigenvalue weighted by molar-refractivity contribution is 5.90. The lowest BCUT2D eigenvalue weighted by molar-refractivity contribution is -0.384. The Bertz CT molecular complexity index is 477. The van der Waals surface area contributed by atoms with Crippen molar-refractivity contribution in [1.29, 1.82) is 0 Å². The topological polar surface area (TPSA) is 86.9 Å². The predicted octanol–water partition coefficient (Wildman–Crippen LogP) is 1.04. The van der Waals surface area contributed by atoms with Gasteiger partial charge < -0.3 is 14.9 Å². The van der Waals surface area contributed by atoms with Crippen molar-refractivity contribution in [3.05, 3.63) is 33.9 Å². The molecule has 0 radical (unpaired) electrons. The maximum atomic E-state index is 11.0. The monoisotopic (exact) mass is 265 g/mol. The van der Waals surface area contributed by atoms with Gasteiger partial charge in [0.2, 0.25) is 0 Å². The van der Waals surface area contributed by atoms with Gasteiger partial charge in [0.1, 0.15) is 0 Å². The van der Waals surface area contributed by atoms with E-state index in [4.69, 9.17) is 5.11 Å². The van der Waals surface area contributed by atoms with Crippen LogP contribution < -0.4 is 4.90 Å². The fourth-order valence-corrected chi connectivity index (χ4v) is 2.07. The zero-order valence-corrected chi connectivity index (χ0v) is 10.6. The van der Waals surface area contributed by atoms with Crippen LogP contribution in [0.5, 0.6) is 0 Å². The van der Waals surface area contributed by atoms with Gasteiger partial charge in [0.15, 0.2) is 0 Å². The van der Waals surface area contributed by atoms with Crippen molar-refractivity contribution in [3.8, 4) is 0 Å². The second-order valence-corrected chi connectivity index (χ2v) is 4.59. The minimum atomic E-state index is -1.15. The third kappa shape index (κ3) is 3.00. The van der Waals surface area contributed by atoms with E-state index in [9.17, 15) is 14.9 Å². The molecule has 1 aromatic rings. The van der Waals surface area contributed by atoms with Crippen LogP contribution in [-0.4, -0.2) is 54.1 Å². The number of hydrogen-bond donors (Lipinski definition) is 1. The standard InChI is InChI=1S/C12H15N3O4/c1-13-2-4-14(5-3-13)10-6-9(12(16)17)7-11(8-10)15(18)19/h6-8H,2-5H2,1H3,(H,16,17). The molecule has 1 aliphatic rings. The Balaban J connectivity index is 2.33. The number of likely N-dealkylation sites (N-methyl/N-ethyl adjacent to an activating group) is 1. The molecule has 1 aliphatic heterocycles. The van der Waals surface area contributed by atoms with Gasteiger partial charge in [-0.2, -0.15) is 0 Å². The van der Waals surface area contributed by atoms with Crippen LogP contribution in [0.15, 0.2) is 18.2 Å². The molecule has 1 fully saturated rings. The van der Waals surface area contributed by atoms with Crippen molar-refractivity contribution >= 4 is 17.3 Å². The van der Waals surface area contributed by atoms with Gasteiger partial charge >= 0.3 is 5.97 Å². The average molecular weight is 265 g/mol. The average Bonchev–Trinajstić information content (AvgIpc) is 2.39. The molecular formula is C12H15N3O4. The third-order valence-corrected chi connectivity index (χ3v) is 3.23. The van der Waals surface area contributed by atoms with Crippen LogP contribution in [0.25, 0.3) is 0 Å². The SMILES string of the molecule is CN1CCN(c2cc(C(=O)O)cc([N+](=O)[O-])c2)CC1. The summed E-state index contributed by atoms with van der Waals surface area (Å²) in [5, 5.41) is 19.9. The number of piperazine rings is 1. The minimum absolute atomic E-state index is 0.0527. The maximum absolute atomic E-state index is 11.0. The molecule has 7 nitrogen and oxygen atoms in total. The number of nitro benzene ring substituents is 1. The van der Waals surface area contributed by atoms with E-state index in [0.717, 1.165) is 32.2 Å². The summed E-state index contributed by atoms with van der Waals surface area (Å²) in [5.41, 5.74) is 0.358. The first kappa shape index (κ1) is 13.3. The van der Waals surface area contributed by atoms with E-state index in [1.54, 1.807) is 0 Å². The fourth-order valence-electron chi connectivity index (χ4n) is 2.07. The van der Waals surface area contributed by atoms with Crippen molar-refractivity contribution in [2.45, 2.75) is 0 Å². The van der Waals surface area contributed by atoms with E-state index in [1.807, 2.05) is 11.9 Å². The quantitative estimate of drug-likeness (QED) is 0.649. The van der Waals surface area contributed by atoms with Crippen LogP contribution in [0.1, 0.15) is 10.4 Å². The summed E-state index contributed by atoms with van der Waals surface area (Å²) in [7, 11) is 2.01. The highest BCUT2D eigenvalue weighted by Gasteiger charge is 2.19. The van der Waals surface area contributed by atoms with E-state index in [-0.39, 0.29) is 11.3 Å². The van der Waals surface area contributed by atoms with Crippen molar-refractivity contribution in [3.63, 3.8) is 0 Å². The van der Waals surface area contributed by atoms with Crippen molar-refractivity contribution < 1.29 is 14.8 Å². The normalized spacial score (nSPS) is 16.4. The van der Waals surface area contributed by atoms with E-state index in [0.29, 0.717) is 5.69 Å². The molecule has 0 unspecified atom stereocenters. The van der Waals surface area contributed by atoms with Crippen LogP contribution in [0.3, 0.4) is 0 Å². The molecule has 1 N–H and O–H groups in total. The molecule has 2 rings (SSSR count). The summed E-state index contributed by atoms with van der Waals surface area (Å²) in [5.74, 6) is -1.15. The minimum Gasteiger partial charge on any atom is -0.478 e. The number of benzene rings is 1. The molecule has 0 saturated carbocycles. The molecule has 1 aromatic carbocycles. The van der Waals surface area contributed by atoms with Gasteiger partial charge in [-0.1, -0.05) is 0 Å². The number of nitrogens with zero attached hydrogens (tertiary/aromatic N) is 3. The van der Waals surface area contributed by atoms with Gasteiger partial charge in [0, 0.05) is 44.0 Å². The molecule has 1 saturated heterocycles. The van der Waals surface area contributed by atoms with Gasteiger partial charge in [0.05, 0.1) is 10.5 Å². The van der Waals surface area contributed by atoms with Crippen LogP contribution in [-0.2, 0) is 0 Å². The zero-order chi connectivity index (χ0) is 14.0. The number of non-ortho nitro benzene ring substituents is 1. The third-order valence-electron chi connectivity index (χ3n) is 3.23. The largest absolute Gasteiger partial charge is 0.478 e. The Labute approximate surface area is 110 Å². The molecule has 1 heterocycles. The van der Waals surface area contributed by atoms with Crippen LogP contribution >= 0.6 is 0 Å². The van der Waals surface area contributed by atoms with Gasteiger partial charge in [-0.15, -0.1) is 0 Å². The molecule has 7 heteroatoms. The van der Waals surface area contributed by atoms with E-state index in [1.165, 1.54) is 12.1 Å². The number of nitro groups is 1. The zero-order valence-electron chi connectivity index (χ0n) is 10.6. The molecular weight excluding hydrogens is 250 g/mol. The Kier molecular flexibility index (Phi) is 3.66. The summed E-state index contributed by atoms with van der Waals surface area (Å²) in [6.45, 7) is 3.17. The van der Waals surface area contributed by atoms with Crippen molar-refractivity contribution in [1.82, 2.24) is 4.90 Å². The summed E-state index contributed by atoms with van der Waals surface area (Å²) in [4.78, 5) is 25.4.